The maximum Gasteiger partial charge on any atom is 0.0818 e. The number of hydrogen-bond donors (Lipinski definition) is 4. The van der Waals surface area contributed by atoms with Crippen LogP contribution in [0.3, 0.4) is 0 Å². The summed E-state index contributed by atoms with van der Waals surface area (Å²) < 4.78 is 0. The van der Waals surface area contributed by atoms with Gasteiger partial charge in [0.05, 0.1) is 55.9 Å². The molecule has 5 aliphatic heterocycles. The molecular weight excluding hydrogens is 1650 g/mol. The number of H-pyrrole nitrogens is 4. The van der Waals surface area contributed by atoms with E-state index in [1.54, 1.807) is 0 Å². The first-order valence-electron chi connectivity index (χ1n) is 50.3. The highest BCUT2D eigenvalue weighted by Gasteiger charge is 2.44. The molecule has 0 aliphatic carbocycles. The largest absolute Gasteiger partial charge is 0.357 e. The molecule has 19 rings (SSSR count). The normalized spacial score (nSPS) is 15.8. The van der Waals surface area contributed by atoms with E-state index in [0.717, 1.165) is 178 Å². The molecule has 0 spiro atoms. The van der Waals surface area contributed by atoms with Gasteiger partial charge in [0, 0.05) is 113 Å². The SMILES string of the molecule is CN1CC2c3[nH]c4c2c2c5[nH]c(c(-c6cc(C(C)(C)C)cc(C(C)(C)C)c6)c6nc(c(-c7cc(C(C)(C)C)cc(C(C)(C)C)c7)c7ccc([nH]7)c(-c7cc(C(C)(C)C)cc(C(C)(C)C)c7)c7cc8c9cc(nc9c4c5c8n7)c(-c4cc(C(C)(C)C)cc(C(C)(C)C)c4)c4ccc([nH]4)c(-c4cc(C(C)(C)C)cc(C(C)(C)C)c4)c4nc(c3-c3cc(C(C)(C)C)cc(C(C)(C)C)c3)C=C4)C=C6)C2C1. The summed E-state index contributed by atoms with van der Waals surface area (Å²) in [6.45, 7) is 86.6. The van der Waals surface area contributed by atoms with Gasteiger partial charge in [-0.05, 0) is 244 Å². The molecule has 0 fully saturated rings. The number of likely N-dealkylation sites (N-methyl/N-ethyl adjacent to an activating group) is 1. The van der Waals surface area contributed by atoms with Crippen molar-refractivity contribution in [2.45, 2.75) is 326 Å². The van der Waals surface area contributed by atoms with Gasteiger partial charge in [-0.3, -0.25) is 0 Å². The van der Waals surface area contributed by atoms with Gasteiger partial charge in [0.2, 0.25) is 0 Å². The van der Waals surface area contributed by atoms with Crippen LogP contribution in [0, 0.1) is 0 Å². The zero-order valence-electron chi connectivity index (χ0n) is 89.0. The third kappa shape index (κ3) is 16.4. The van der Waals surface area contributed by atoms with E-state index in [4.69, 9.17) is 29.9 Å². The van der Waals surface area contributed by atoms with E-state index in [-0.39, 0.29) is 76.8 Å². The first-order valence-corrected chi connectivity index (χ1v) is 50.3. The van der Waals surface area contributed by atoms with Crippen LogP contribution in [-0.4, -0.2) is 64.9 Å². The van der Waals surface area contributed by atoms with Crippen LogP contribution < -0.4 is 0 Å². The molecule has 9 heteroatoms. The molecule has 2 atom stereocenters. The van der Waals surface area contributed by atoms with E-state index in [9.17, 15) is 0 Å². The summed E-state index contributed by atoms with van der Waals surface area (Å²) >= 11 is 0. The summed E-state index contributed by atoms with van der Waals surface area (Å²) in [5.41, 5.74) is 43.8. The monoisotopic (exact) mass is 1800 g/mol. The van der Waals surface area contributed by atoms with Crippen molar-refractivity contribution in [3.8, 4) is 66.8 Å². The van der Waals surface area contributed by atoms with Crippen LogP contribution >= 0.6 is 0 Å². The number of benzene rings is 8. The molecule has 136 heavy (non-hydrogen) atoms. The van der Waals surface area contributed by atoms with Gasteiger partial charge < -0.3 is 24.8 Å². The summed E-state index contributed by atoms with van der Waals surface area (Å²) in [6.07, 6.45) is 9.39. The zero-order chi connectivity index (χ0) is 98.2. The van der Waals surface area contributed by atoms with Crippen molar-refractivity contribution in [2.24, 2.45) is 0 Å². The van der Waals surface area contributed by atoms with Gasteiger partial charge >= 0.3 is 0 Å². The minimum Gasteiger partial charge on any atom is -0.357 e. The molecule has 6 aromatic heterocycles. The Morgan fingerprint density at radius 3 is 0.654 bits per heavy atom. The third-order valence-corrected chi connectivity index (χ3v) is 30.3. The first-order chi connectivity index (χ1) is 62.8. The number of fused-ring (bicyclic) bond motifs is 15. The molecule has 9 nitrogen and oxygen atoms in total. The molecule has 2 unspecified atom stereocenters. The Kier molecular flexibility index (Phi) is 21.3. The fourth-order valence-corrected chi connectivity index (χ4v) is 21.5. The number of hydrogen-bond acceptors (Lipinski definition) is 5. The first kappa shape index (κ1) is 93.7. The van der Waals surface area contributed by atoms with Crippen molar-refractivity contribution in [1.82, 2.24) is 44.8 Å². The molecule has 5 aliphatic rings. The summed E-state index contributed by atoms with van der Waals surface area (Å²) in [5, 5.41) is 4.16. The lowest BCUT2D eigenvalue weighted by Crippen LogP contribution is -2.26. The average molecular weight is 1800 g/mol. The van der Waals surface area contributed by atoms with Gasteiger partial charge in [-0.15, -0.1) is 0 Å². The van der Waals surface area contributed by atoms with E-state index in [0.29, 0.717) is 13.1 Å². The zero-order valence-corrected chi connectivity index (χ0v) is 89.0. The number of aromatic nitrogens is 8. The molecule has 11 heterocycles. The predicted molar refractivity (Wildman–Crippen MR) is 587 cm³/mol. The second-order valence-electron chi connectivity index (χ2n) is 53.6. The van der Waals surface area contributed by atoms with Crippen molar-refractivity contribution < 1.29 is 0 Å². The molecule has 0 amide bonds. The van der Waals surface area contributed by atoms with Crippen molar-refractivity contribution in [2.75, 3.05) is 20.1 Å². The van der Waals surface area contributed by atoms with Crippen LogP contribution in [0.15, 0.2) is 146 Å². The van der Waals surface area contributed by atoms with E-state index in [1.807, 2.05) is 0 Å². The van der Waals surface area contributed by atoms with Crippen molar-refractivity contribution in [3.05, 3.63) is 258 Å². The lowest BCUT2D eigenvalue weighted by Gasteiger charge is -2.27. The Bertz CT molecular complexity index is 7110. The van der Waals surface area contributed by atoms with Crippen molar-refractivity contribution >= 4 is 101 Å². The van der Waals surface area contributed by atoms with Crippen molar-refractivity contribution in [1.29, 1.82) is 0 Å². The fraction of sp³-hybridized carbons (Fsp3) is 0.417. The Balaban J connectivity index is 1.12. The highest BCUT2D eigenvalue weighted by Crippen LogP contribution is 2.58. The summed E-state index contributed by atoms with van der Waals surface area (Å²) in [5.74, 6) is -0.462. The number of nitrogens with zero attached hydrogens (tertiary/aromatic N) is 5. The molecule has 4 N–H and O–H groups in total. The topological polar surface area (TPSA) is 118 Å². The lowest BCUT2D eigenvalue weighted by molar-refractivity contribution is 0.325. The molecule has 0 saturated carbocycles. The third-order valence-electron chi connectivity index (χ3n) is 30.3. The molecule has 0 saturated heterocycles. The van der Waals surface area contributed by atoms with E-state index < -0.39 is 0 Å². The van der Waals surface area contributed by atoms with Gasteiger partial charge in [0.15, 0.2) is 0 Å². The fourth-order valence-electron chi connectivity index (χ4n) is 21.5. The number of rotatable bonds is 6. The molecule has 0 radical (unpaired) electrons. The minimum absolute atomic E-state index is 0.186. The Morgan fingerprint density at radius 1 is 0.235 bits per heavy atom. The van der Waals surface area contributed by atoms with Crippen LogP contribution in [0.25, 0.3) is 168 Å². The maximum atomic E-state index is 6.58. The molecule has 8 aromatic carbocycles. The second kappa shape index (κ2) is 30.9. The predicted octanol–water partition coefficient (Wildman–Crippen LogP) is 34.4. The van der Waals surface area contributed by atoms with Gasteiger partial charge in [-0.2, -0.15) is 0 Å². The summed E-state index contributed by atoms with van der Waals surface area (Å²) in [4.78, 5) is 46.6. The molecular formula is C127H149N9. The van der Waals surface area contributed by atoms with Gasteiger partial charge in [0.25, 0.3) is 0 Å². The molecule has 14 aromatic rings. The van der Waals surface area contributed by atoms with Gasteiger partial charge in [-0.25, -0.2) is 19.9 Å². The number of nitrogens with one attached hydrogen (secondary N) is 4. The lowest BCUT2D eigenvalue weighted by atomic mass is 9.77. The van der Waals surface area contributed by atoms with Crippen LogP contribution in [-0.2, 0) is 65.0 Å². The van der Waals surface area contributed by atoms with Gasteiger partial charge in [-0.1, -0.05) is 358 Å². The van der Waals surface area contributed by atoms with Crippen LogP contribution in [0.5, 0.6) is 0 Å². The van der Waals surface area contributed by atoms with Crippen LogP contribution in [0.4, 0.5) is 0 Å². The highest BCUT2D eigenvalue weighted by molar-refractivity contribution is 6.34. The quantitative estimate of drug-likeness (QED) is 0.132. The Labute approximate surface area is 811 Å². The average Bonchev–Trinajstić information content (AvgIpc) is 1.51. The summed E-state index contributed by atoms with van der Waals surface area (Å²) in [6, 6.07) is 59.0. The molecule has 16 bridgehead atoms. The Morgan fingerprint density at radius 2 is 0.434 bits per heavy atom. The maximum absolute atomic E-state index is 6.58. The summed E-state index contributed by atoms with van der Waals surface area (Å²) in [7, 11) is 2.39. The van der Waals surface area contributed by atoms with E-state index in [2.05, 4.69) is 441 Å². The smallest absolute Gasteiger partial charge is 0.0818 e. The van der Waals surface area contributed by atoms with E-state index >= 15 is 0 Å². The van der Waals surface area contributed by atoms with Crippen molar-refractivity contribution in [3.63, 3.8) is 0 Å². The van der Waals surface area contributed by atoms with Crippen LogP contribution in [0.1, 0.15) is 373 Å². The highest BCUT2D eigenvalue weighted by atomic mass is 15.1. The standard InChI is InChI=1S/C127H149N9/c1-116(2,3)74-46-68(47-75(58-74)117(4,5)6)100-90-38-40-94(128-90)102(70-50-78(120(13,14)15)60-79(51-70)121(16,17)18)98-64-86-87-65-99-103(71-52-80(122(19,20)21)61-81(53-71)123(22,23)24)95-41-39-91(129-95)101(69-48-76(118(7,8)9)59-77(49-69)119(10,11)12)93-43-45-97(131-93)105(73-56-84(126(31,32)33)63-85(57-73)127(34,35)36)113-89-67-136(37)66-88-106-107(89)115(135-113)109(111(87)133-99)108(110(86)132-98)114(106)134-112(88)104(96-44-42-92(100)130-96)72-54-82(124(25,26)27)62-83(55-72)125(28,29)30/h38-65,88-89,128-129,134-135H,66-67H2,1-37H3. The minimum atomic E-state index is -0.231. The van der Waals surface area contributed by atoms with Gasteiger partial charge in [0.1, 0.15) is 0 Å². The number of aromatic amines is 4. The van der Waals surface area contributed by atoms with E-state index in [1.165, 1.54) is 77.9 Å². The second-order valence-corrected chi connectivity index (χ2v) is 53.6. The van der Waals surface area contributed by atoms with Crippen LogP contribution in [0.2, 0.25) is 0 Å². The molecule has 702 valence electrons. The Hall–Kier alpha value is -11.3.